The zero-order chi connectivity index (χ0) is 16.1. The predicted octanol–water partition coefficient (Wildman–Crippen LogP) is 4.45. The first-order valence-corrected chi connectivity index (χ1v) is 8.01. The normalized spacial score (nSPS) is 12.5. The molecule has 0 aliphatic rings. The maximum absolute atomic E-state index is 5.82. The molecule has 0 amide bonds. The van der Waals surface area contributed by atoms with Crippen molar-refractivity contribution in [2.75, 3.05) is 6.61 Å². The van der Waals surface area contributed by atoms with Crippen molar-refractivity contribution in [3.8, 4) is 5.88 Å². The number of nitrogens with zero attached hydrogens (tertiary/aromatic N) is 1. The molecule has 3 nitrogen and oxygen atoms in total. The van der Waals surface area contributed by atoms with Crippen molar-refractivity contribution in [2.24, 2.45) is 0 Å². The van der Waals surface area contributed by atoms with Crippen LogP contribution >= 0.6 is 0 Å². The Morgan fingerprint density at radius 1 is 1.10 bits per heavy atom. The molecule has 0 fully saturated rings. The van der Waals surface area contributed by atoms with E-state index < -0.39 is 0 Å². The van der Waals surface area contributed by atoms with Gasteiger partial charge in [0.15, 0.2) is 0 Å². The molecule has 0 aliphatic carbocycles. The van der Waals surface area contributed by atoms with E-state index in [1.807, 2.05) is 0 Å². The maximum Gasteiger partial charge on any atom is 0.213 e. The maximum atomic E-state index is 5.82. The molecule has 0 unspecified atom stereocenters. The fourth-order valence-electron chi connectivity index (χ4n) is 1.81. The van der Waals surface area contributed by atoms with Crippen LogP contribution in [0.2, 0.25) is 0 Å². The molecule has 0 spiro atoms. The summed E-state index contributed by atoms with van der Waals surface area (Å²) in [7, 11) is 0. The van der Waals surface area contributed by atoms with Gasteiger partial charge in [0, 0.05) is 23.6 Å². The molecule has 0 saturated carbocycles. The first-order chi connectivity index (χ1) is 9.62. The molecule has 0 bridgehead atoms. The zero-order valence-corrected chi connectivity index (χ0v) is 14.8. The molecule has 0 saturated heterocycles. The van der Waals surface area contributed by atoms with E-state index in [4.69, 9.17) is 4.74 Å². The Labute approximate surface area is 130 Å². The SMILES string of the molecule is CCCCOc1cc(CNC(C)(C)C)cc(C(C)(C)C)n1. The van der Waals surface area contributed by atoms with Gasteiger partial charge in [0.1, 0.15) is 0 Å². The first-order valence-electron chi connectivity index (χ1n) is 8.01. The zero-order valence-electron chi connectivity index (χ0n) is 14.8. The van der Waals surface area contributed by atoms with E-state index in [2.05, 4.69) is 70.9 Å². The summed E-state index contributed by atoms with van der Waals surface area (Å²) in [5.41, 5.74) is 2.45. The summed E-state index contributed by atoms with van der Waals surface area (Å²) in [6.07, 6.45) is 2.20. The van der Waals surface area contributed by atoms with E-state index in [-0.39, 0.29) is 11.0 Å². The summed E-state index contributed by atoms with van der Waals surface area (Å²) < 4.78 is 5.82. The molecular formula is C18H32N2O. The third-order valence-corrected chi connectivity index (χ3v) is 3.20. The fourth-order valence-corrected chi connectivity index (χ4v) is 1.81. The Morgan fingerprint density at radius 2 is 1.76 bits per heavy atom. The van der Waals surface area contributed by atoms with Crippen LogP contribution in [0, 0.1) is 0 Å². The van der Waals surface area contributed by atoms with Gasteiger partial charge in [-0.05, 0) is 38.8 Å². The smallest absolute Gasteiger partial charge is 0.213 e. The Balaban J connectivity index is 2.92. The summed E-state index contributed by atoms with van der Waals surface area (Å²) in [6, 6.07) is 4.25. The third-order valence-electron chi connectivity index (χ3n) is 3.20. The second-order valence-corrected chi connectivity index (χ2v) is 7.75. The van der Waals surface area contributed by atoms with E-state index in [1.165, 1.54) is 5.56 Å². The second kappa shape index (κ2) is 7.26. The lowest BCUT2D eigenvalue weighted by Gasteiger charge is -2.23. The average Bonchev–Trinajstić information content (AvgIpc) is 2.35. The number of rotatable bonds is 6. The van der Waals surface area contributed by atoms with Gasteiger partial charge in [-0.1, -0.05) is 34.1 Å². The monoisotopic (exact) mass is 292 g/mol. The quantitative estimate of drug-likeness (QED) is 0.787. The Bertz CT molecular complexity index is 442. The standard InChI is InChI=1S/C18H32N2O/c1-8-9-10-21-16-12-14(13-19-18(5,6)7)11-15(20-16)17(2,3)4/h11-12,19H,8-10,13H2,1-7H3. The van der Waals surface area contributed by atoms with Crippen molar-refractivity contribution in [3.05, 3.63) is 23.4 Å². The molecule has 21 heavy (non-hydrogen) atoms. The van der Waals surface area contributed by atoms with Gasteiger partial charge in [-0.15, -0.1) is 0 Å². The summed E-state index contributed by atoms with van der Waals surface area (Å²) >= 11 is 0. The van der Waals surface area contributed by atoms with Crippen LogP contribution < -0.4 is 10.1 Å². The van der Waals surface area contributed by atoms with E-state index in [1.54, 1.807) is 0 Å². The van der Waals surface area contributed by atoms with Crippen molar-refractivity contribution in [1.82, 2.24) is 10.3 Å². The first kappa shape index (κ1) is 18.0. The fraction of sp³-hybridized carbons (Fsp3) is 0.722. The van der Waals surface area contributed by atoms with Crippen molar-refractivity contribution < 1.29 is 4.74 Å². The topological polar surface area (TPSA) is 34.1 Å². The lowest BCUT2D eigenvalue weighted by molar-refractivity contribution is 0.294. The Kier molecular flexibility index (Phi) is 6.21. The highest BCUT2D eigenvalue weighted by molar-refractivity contribution is 5.28. The van der Waals surface area contributed by atoms with Crippen molar-refractivity contribution in [3.63, 3.8) is 0 Å². The molecule has 1 aromatic heterocycles. The highest BCUT2D eigenvalue weighted by atomic mass is 16.5. The van der Waals surface area contributed by atoms with Crippen LogP contribution in [0.15, 0.2) is 12.1 Å². The summed E-state index contributed by atoms with van der Waals surface area (Å²) in [5, 5.41) is 3.53. The number of unbranched alkanes of at least 4 members (excludes halogenated alkanes) is 1. The number of aromatic nitrogens is 1. The third kappa shape index (κ3) is 6.94. The van der Waals surface area contributed by atoms with Crippen LogP contribution in [0.25, 0.3) is 0 Å². The summed E-state index contributed by atoms with van der Waals surface area (Å²) in [5.74, 6) is 0.751. The highest BCUT2D eigenvalue weighted by Gasteiger charge is 2.18. The van der Waals surface area contributed by atoms with Crippen LogP contribution in [-0.4, -0.2) is 17.1 Å². The van der Waals surface area contributed by atoms with Gasteiger partial charge < -0.3 is 10.1 Å². The minimum atomic E-state index is 0.0284. The molecule has 3 heteroatoms. The second-order valence-electron chi connectivity index (χ2n) is 7.75. The molecule has 0 radical (unpaired) electrons. The van der Waals surface area contributed by atoms with Gasteiger partial charge in [0.05, 0.1) is 12.3 Å². The average molecular weight is 292 g/mol. The largest absolute Gasteiger partial charge is 0.478 e. The summed E-state index contributed by atoms with van der Waals surface area (Å²) in [4.78, 5) is 4.67. The minimum Gasteiger partial charge on any atom is -0.478 e. The number of hydrogen-bond donors (Lipinski definition) is 1. The van der Waals surface area contributed by atoms with E-state index in [9.17, 15) is 0 Å². The number of pyridine rings is 1. The summed E-state index contributed by atoms with van der Waals surface area (Å²) in [6.45, 7) is 16.8. The molecule has 0 atom stereocenters. The van der Waals surface area contributed by atoms with Crippen LogP contribution in [0.5, 0.6) is 5.88 Å². The van der Waals surface area contributed by atoms with Gasteiger partial charge in [0.2, 0.25) is 5.88 Å². The Morgan fingerprint density at radius 3 is 2.29 bits per heavy atom. The lowest BCUT2D eigenvalue weighted by atomic mass is 9.90. The highest BCUT2D eigenvalue weighted by Crippen LogP contribution is 2.24. The van der Waals surface area contributed by atoms with Crippen LogP contribution in [-0.2, 0) is 12.0 Å². The van der Waals surface area contributed by atoms with Crippen molar-refractivity contribution in [2.45, 2.75) is 78.8 Å². The predicted molar refractivity (Wildman–Crippen MR) is 89.9 cm³/mol. The number of nitrogens with one attached hydrogen (secondary N) is 1. The van der Waals surface area contributed by atoms with Gasteiger partial charge >= 0.3 is 0 Å². The molecule has 0 aliphatic heterocycles. The van der Waals surface area contributed by atoms with E-state index >= 15 is 0 Å². The molecule has 1 N–H and O–H groups in total. The van der Waals surface area contributed by atoms with Crippen LogP contribution in [0.1, 0.15) is 72.6 Å². The van der Waals surface area contributed by atoms with Gasteiger partial charge in [-0.2, -0.15) is 0 Å². The molecule has 1 aromatic rings. The number of ether oxygens (including phenoxy) is 1. The molecule has 120 valence electrons. The Hall–Kier alpha value is -1.09. The van der Waals surface area contributed by atoms with E-state index in [0.717, 1.165) is 37.6 Å². The van der Waals surface area contributed by atoms with Crippen molar-refractivity contribution >= 4 is 0 Å². The van der Waals surface area contributed by atoms with Crippen LogP contribution in [0.4, 0.5) is 0 Å². The molecule has 1 heterocycles. The molecule has 0 aromatic carbocycles. The van der Waals surface area contributed by atoms with Gasteiger partial charge in [-0.25, -0.2) is 4.98 Å². The minimum absolute atomic E-state index is 0.0284. The number of hydrogen-bond acceptors (Lipinski definition) is 3. The molecule has 1 rings (SSSR count). The van der Waals surface area contributed by atoms with Crippen molar-refractivity contribution in [1.29, 1.82) is 0 Å². The molecular weight excluding hydrogens is 260 g/mol. The van der Waals surface area contributed by atoms with Gasteiger partial charge in [0.25, 0.3) is 0 Å². The van der Waals surface area contributed by atoms with E-state index in [0.29, 0.717) is 0 Å². The lowest BCUT2D eigenvalue weighted by Crippen LogP contribution is -2.35. The van der Waals surface area contributed by atoms with Crippen LogP contribution in [0.3, 0.4) is 0 Å². The van der Waals surface area contributed by atoms with Gasteiger partial charge in [-0.3, -0.25) is 0 Å².